The molecule has 1 unspecified atom stereocenters. The molecule has 0 saturated carbocycles. The molecule has 2 aromatic rings. The molecule has 0 spiro atoms. The second-order valence-electron chi connectivity index (χ2n) is 3.76. The highest BCUT2D eigenvalue weighted by atomic mass is 35.5. The molecule has 0 amide bonds. The van der Waals surface area contributed by atoms with E-state index >= 15 is 0 Å². The van der Waals surface area contributed by atoms with E-state index in [0.29, 0.717) is 5.88 Å². The van der Waals surface area contributed by atoms with Gasteiger partial charge in [-0.25, -0.2) is 4.98 Å². The minimum absolute atomic E-state index is 0.00676. The van der Waals surface area contributed by atoms with E-state index in [1.54, 1.807) is 24.6 Å². The zero-order valence-corrected chi connectivity index (χ0v) is 11.5. The third-order valence-electron chi connectivity index (χ3n) is 2.61. The number of nitrogens with two attached hydrogens (primary N) is 1. The zero-order valence-electron chi connectivity index (χ0n) is 9.89. The Morgan fingerprint density at radius 3 is 2.83 bits per heavy atom. The molecule has 0 aliphatic carbocycles. The largest absolute Gasteiger partial charge is 0.481 e. The van der Waals surface area contributed by atoms with Gasteiger partial charge in [0.05, 0.1) is 18.2 Å². The average molecular weight is 284 g/mol. The third kappa shape index (κ3) is 3.00. The van der Waals surface area contributed by atoms with Crippen molar-refractivity contribution >= 4 is 22.9 Å². The fourth-order valence-corrected chi connectivity index (χ4v) is 2.92. The summed E-state index contributed by atoms with van der Waals surface area (Å²) in [5, 5.41) is 2.69. The molecule has 0 radical (unpaired) electrons. The van der Waals surface area contributed by atoms with Gasteiger partial charge in [-0.15, -0.1) is 11.3 Å². The summed E-state index contributed by atoms with van der Waals surface area (Å²) in [7, 11) is 1.59. The van der Waals surface area contributed by atoms with Crippen LogP contribution in [0.4, 0.5) is 0 Å². The van der Waals surface area contributed by atoms with E-state index in [-0.39, 0.29) is 6.04 Å². The fraction of sp³-hybridized carbons (Fsp3) is 0.250. The molecule has 0 fully saturated rings. The van der Waals surface area contributed by atoms with Crippen molar-refractivity contribution in [3.8, 4) is 5.88 Å². The minimum Gasteiger partial charge on any atom is -0.481 e. The van der Waals surface area contributed by atoms with E-state index in [0.717, 1.165) is 21.9 Å². The van der Waals surface area contributed by atoms with E-state index in [4.69, 9.17) is 22.2 Å². The van der Waals surface area contributed by atoms with Gasteiger partial charge in [0.2, 0.25) is 5.88 Å². The van der Waals surface area contributed by atoms with E-state index in [1.165, 1.54) is 0 Å². The quantitative estimate of drug-likeness (QED) is 0.654. The van der Waals surface area contributed by atoms with Gasteiger partial charge in [0, 0.05) is 17.1 Å². The molecule has 96 valence electrons. The molecule has 0 aromatic carbocycles. The maximum Gasteiger partial charge on any atom is 0.212 e. The van der Waals surface area contributed by atoms with E-state index in [1.807, 2.05) is 23.6 Å². The molecular formula is C12H14ClN3OS. The number of methoxy groups -OCH3 is 1. The molecule has 2 heterocycles. The molecule has 18 heavy (non-hydrogen) atoms. The first-order valence-corrected chi connectivity index (χ1v) is 6.68. The number of thiophene rings is 1. The molecule has 4 nitrogen and oxygen atoms in total. The first-order valence-electron chi connectivity index (χ1n) is 5.42. The Morgan fingerprint density at radius 1 is 1.50 bits per heavy atom. The van der Waals surface area contributed by atoms with E-state index in [2.05, 4.69) is 10.4 Å². The van der Waals surface area contributed by atoms with Gasteiger partial charge in [0.25, 0.3) is 0 Å². The van der Waals surface area contributed by atoms with Crippen LogP contribution in [0, 0.1) is 0 Å². The number of hydrazine groups is 1. The highest BCUT2D eigenvalue weighted by molar-refractivity contribution is 7.10. The molecule has 3 N–H and O–H groups in total. The lowest BCUT2D eigenvalue weighted by Gasteiger charge is -2.15. The highest BCUT2D eigenvalue weighted by Crippen LogP contribution is 2.30. The van der Waals surface area contributed by atoms with Gasteiger partial charge in [0.15, 0.2) is 0 Å². The number of pyridine rings is 1. The summed E-state index contributed by atoms with van der Waals surface area (Å²) in [6.07, 6.45) is 2.51. The van der Waals surface area contributed by atoms with E-state index < -0.39 is 0 Å². The van der Waals surface area contributed by atoms with Gasteiger partial charge in [-0.2, -0.15) is 0 Å². The highest BCUT2D eigenvalue weighted by Gasteiger charge is 2.15. The van der Waals surface area contributed by atoms with Crippen LogP contribution in [0.3, 0.4) is 0 Å². The minimum atomic E-state index is -0.00676. The summed E-state index contributed by atoms with van der Waals surface area (Å²) in [6.45, 7) is 0. The van der Waals surface area contributed by atoms with Crippen molar-refractivity contribution in [1.29, 1.82) is 0 Å². The number of rotatable bonds is 5. The van der Waals surface area contributed by atoms with Crippen LogP contribution in [0.15, 0.2) is 29.8 Å². The molecule has 2 aromatic heterocycles. The molecule has 0 bridgehead atoms. The Hall–Kier alpha value is -1.14. The maximum atomic E-state index is 6.11. The monoisotopic (exact) mass is 283 g/mol. The van der Waals surface area contributed by atoms with Gasteiger partial charge >= 0.3 is 0 Å². The first-order chi connectivity index (χ1) is 8.74. The van der Waals surface area contributed by atoms with E-state index in [9.17, 15) is 0 Å². The van der Waals surface area contributed by atoms with Crippen LogP contribution in [0.25, 0.3) is 0 Å². The second kappa shape index (κ2) is 6.15. The predicted molar refractivity (Wildman–Crippen MR) is 73.9 cm³/mol. The van der Waals surface area contributed by atoms with Crippen molar-refractivity contribution in [2.24, 2.45) is 5.84 Å². The number of halogens is 1. The van der Waals surface area contributed by atoms with Crippen LogP contribution >= 0.6 is 22.9 Å². The predicted octanol–water partition coefficient (Wildman–Crippen LogP) is 2.55. The second-order valence-corrected chi connectivity index (χ2v) is 5.12. The smallest absolute Gasteiger partial charge is 0.212 e. The Kier molecular flexibility index (Phi) is 4.54. The van der Waals surface area contributed by atoms with Gasteiger partial charge < -0.3 is 4.74 Å². The van der Waals surface area contributed by atoms with Crippen molar-refractivity contribution in [3.63, 3.8) is 0 Å². The number of hydrogen-bond donors (Lipinski definition) is 2. The summed E-state index contributed by atoms with van der Waals surface area (Å²) < 4.78 is 5.02. The van der Waals surface area contributed by atoms with Crippen LogP contribution in [-0.2, 0) is 6.42 Å². The summed E-state index contributed by atoms with van der Waals surface area (Å²) in [4.78, 5) is 5.20. The van der Waals surface area contributed by atoms with Crippen LogP contribution in [0.5, 0.6) is 5.88 Å². The lowest BCUT2D eigenvalue weighted by molar-refractivity contribution is 0.397. The average Bonchev–Trinajstić information content (AvgIpc) is 2.83. The van der Waals surface area contributed by atoms with Gasteiger partial charge in [0.1, 0.15) is 0 Å². The third-order valence-corrected chi connectivity index (χ3v) is 4.08. The van der Waals surface area contributed by atoms with Crippen molar-refractivity contribution in [1.82, 2.24) is 10.4 Å². The molecule has 0 aliphatic rings. The molecular weight excluding hydrogens is 270 g/mol. The SMILES string of the molecule is COc1ccc(CC(NN)c2sccc2Cl)cn1. The molecule has 2 rings (SSSR count). The van der Waals surface area contributed by atoms with Gasteiger partial charge in [-0.3, -0.25) is 11.3 Å². The van der Waals surface area contributed by atoms with Crippen LogP contribution in [0.1, 0.15) is 16.5 Å². The summed E-state index contributed by atoms with van der Waals surface area (Å²) >= 11 is 7.70. The van der Waals surface area contributed by atoms with Crippen molar-refractivity contribution in [2.45, 2.75) is 12.5 Å². The number of aromatic nitrogens is 1. The first kappa shape index (κ1) is 13.3. The van der Waals surface area contributed by atoms with Crippen molar-refractivity contribution in [3.05, 3.63) is 45.2 Å². The molecule has 1 atom stereocenters. The van der Waals surface area contributed by atoms with Crippen LogP contribution < -0.4 is 16.0 Å². The van der Waals surface area contributed by atoms with Crippen molar-refractivity contribution in [2.75, 3.05) is 7.11 Å². The molecule has 0 saturated heterocycles. The lowest BCUT2D eigenvalue weighted by Crippen LogP contribution is -2.29. The standard InChI is InChI=1S/C12H14ClN3OS/c1-17-11-3-2-8(7-15-11)6-10(16-14)12-9(13)4-5-18-12/h2-5,7,10,16H,6,14H2,1H3. The number of nitrogens with one attached hydrogen (secondary N) is 1. The van der Waals surface area contributed by atoms with Crippen LogP contribution in [-0.4, -0.2) is 12.1 Å². The van der Waals surface area contributed by atoms with Crippen LogP contribution in [0.2, 0.25) is 5.02 Å². The lowest BCUT2D eigenvalue weighted by atomic mass is 10.1. The Labute approximate surface area is 115 Å². The van der Waals surface area contributed by atoms with Gasteiger partial charge in [-0.1, -0.05) is 17.7 Å². The Balaban J connectivity index is 2.13. The van der Waals surface area contributed by atoms with Gasteiger partial charge in [-0.05, 0) is 23.4 Å². The number of nitrogens with zero attached hydrogens (tertiary/aromatic N) is 1. The normalized spacial score (nSPS) is 12.4. The topological polar surface area (TPSA) is 60.2 Å². The number of ether oxygens (including phenoxy) is 1. The molecule has 6 heteroatoms. The van der Waals surface area contributed by atoms with Crippen molar-refractivity contribution < 1.29 is 4.74 Å². The maximum absolute atomic E-state index is 6.11. The fourth-order valence-electron chi connectivity index (χ4n) is 1.67. The Bertz CT molecular complexity index is 500. The molecule has 0 aliphatic heterocycles. The zero-order chi connectivity index (χ0) is 13.0. The summed E-state index contributed by atoms with van der Waals surface area (Å²) in [5.41, 5.74) is 3.86. The number of hydrogen-bond acceptors (Lipinski definition) is 5. The summed E-state index contributed by atoms with van der Waals surface area (Å²) in [6, 6.07) is 5.67. The Morgan fingerprint density at radius 2 is 2.33 bits per heavy atom. The summed E-state index contributed by atoms with van der Waals surface area (Å²) in [5.74, 6) is 6.19.